The lowest BCUT2D eigenvalue weighted by Gasteiger charge is -2.22. The molecular formula is C21H20F2N4O. The first-order valence-electron chi connectivity index (χ1n) is 9.22. The smallest absolute Gasteiger partial charge is 0.256 e. The maximum atomic E-state index is 14.0. The van der Waals surface area contributed by atoms with Crippen molar-refractivity contribution in [3.05, 3.63) is 71.8 Å². The first-order chi connectivity index (χ1) is 13.6. The molecule has 1 saturated heterocycles. The number of H-pyrrole nitrogens is 1. The van der Waals surface area contributed by atoms with Gasteiger partial charge in [-0.05, 0) is 24.1 Å². The predicted molar refractivity (Wildman–Crippen MR) is 103 cm³/mol. The molecule has 0 spiro atoms. The summed E-state index contributed by atoms with van der Waals surface area (Å²) in [6, 6.07) is 15.0. The van der Waals surface area contributed by atoms with Crippen LogP contribution in [0.15, 0.2) is 54.6 Å². The number of aromatic amines is 1. The van der Waals surface area contributed by atoms with Crippen LogP contribution in [0.3, 0.4) is 0 Å². The molecule has 0 saturated carbocycles. The van der Waals surface area contributed by atoms with Gasteiger partial charge in [0.2, 0.25) is 0 Å². The lowest BCUT2D eigenvalue weighted by atomic mass is 10.1. The lowest BCUT2D eigenvalue weighted by molar-refractivity contribution is 0.0762. The summed E-state index contributed by atoms with van der Waals surface area (Å²) < 4.78 is 27.1. The van der Waals surface area contributed by atoms with E-state index >= 15 is 0 Å². The van der Waals surface area contributed by atoms with Gasteiger partial charge in [0.15, 0.2) is 5.82 Å². The highest BCUT2D eigenvalue weighted by atomic mass is 19.1. The summed E-state index contributed by atoms with van der Waals surface area (Å²) in [4.78, 5) is 16.4. The third kappa shape index (κ3) is 3.74. The monoisotopic (exact) mass is 382 g/mol. The van der Waals surface area contributed by atoms with Crippen molar-refractivity contribution in [3.63, 3.8) is 0 Å². The van der Waals surface area contributed by atoms with Crippen molar-refractivity contribution in [1.29, 1.82) is 0 Å². The maximum absolute atomic E-state index is 14.0. The standard InChI is InChI=1S/C21H20F2N4O/c22-16-7-8-17(18(23)13-16)21(28)27-10-4-9-26(11-12-27)20-14-19(24-25-20)15-5-2-1-3-6-15/h1-3,5-8,13-14H,4,9-12H2,(H,24,25). The largest absolute Gasteiger partial charge is 0.353 e. The molecule has 2 heterocycles. The molecule has 1 N–H and O–H groups in total. The molecule has 3 aromatic rings. The van der Waals surface area contributed by atoms with Gasteiger partial charge in [0.1, 0.15) is 11.6 Å². The average Bonchev–Trinajstić information content (AvgIpc) is 3.06. The van der Waals surface area contributed by atoms with Crippen LogP contribution in [0.2, 0.25) is 0 Å². The van der Waals surface area contributed by atoms with E-state index in [0.29, 0.717) is 19.6 Å². The summed E-state index contributed by atoms with van der Waals surface area (Å²) in [7, 11) is 0. The number of rotatable bonds is 3. The van der Waals surface area contributed by atoms with Crippen molar-refractivity contribution in [3.8, 4) is 11.3 Å². The second-order valence-electron chi connectivity index (χ2n) is 6.76. The third-order valence-corrected chi connectivity index (χ3v) is 4.92. The van der Waals surface area contributed by atoms with Crippen LogP contribution in [0.4, 0.5) is 14.6 Å². The predicted octanol–water partition coefficient (Wildman–Crippen LogP) is 3.71. The molecule has 0 atom stereocenters. The van der Waals surface area contributed by atoms with Crippen LogP contribution in [-0.2, 0) is 0 Å². The molecule has 4 rings (SSSR count). The van der Waals surface area contributed by atoms with Crippen LogP contribution >= 0.6 is 0 Å². The summed E-state index contributed by atoms with van der Waals surface area (Å²) in [6.45, 7) is 2.30. The minimum absolute atomic E-state index is 0.0963. The Labute approximate surface area is 161 Å². The minimum atomic E-state index is -0.828. The second-order valence-corrected chi connectivity index (χ2v) is 6.76. The minimum Gasteiger partial charge on any atom is -0.353 e. The van der Waals surface area contributed by atoms with E-state index in [9.17, 15) is 13.6 Å². The Morgan fingerprint density at radius 1 is 0.964 bits per heavy atom. The number of hydrogen-bond acceptors (Lipinski definition) is 3. The molecule has 1 amide bonds. The van der Waals surface area contributed by atoms with Crippen molar-refractivity contribution in [2.24, 2.45) is 0 Å². The van der Waals surface area contributed by atoms with Gasteiger partial charge >= 0.3 is 0 Å². The van der Waals surface area contributed by atoms with Crippen molar-refractivity contribution >= 4 is 11.7 Å². The van der Waals surface area contributed by atoms with Gasteiger partial charge < -0.3 is 9.80 Å². The fourth-order valence-corrected chi connectivity index (χ4v) is 3.42. The highest BCUT2D eigenvalue weighted by molar-refractivity contribution is 5.94. The molecule has 0 radical (unpaired) electrons. The number of carbonyl (C=O) groups excluding carboxylic acids is 1. The van der Waals surface area contributed by atoms with Gasteiger partial charge in [0.05, 0.1) is 11.3 Å². The number of halogens is 2. The molecule has 1 aliphatic rings. The van der Waals surface area contributed by atoms with Gasteiger partial charge in [-0.25, -0.2) is 8.78 Å². The molecule has 1 aliphatic heterocycles. The third-order valence-electron chi connectivity index (χ3n) is 4.92. The van der Waals surface area contributed by atoms with E-state index in [1.165, 1.54) is 6.07 Å². The molecular weight excluding hydrogens is 362 g/mol. The molecule has 144 valence electrons. The Kier molecular flexibility index (Phi) is 5.06. The van der Waals surface area contributed by atoms with Gasteiger partial charge in [-0.15, -0.1) is 0 Å². The summed E-state index contributed by atoms with van der Waals surface area (Å²) in [6.07, 6.45) is 0.738. The summed E-state index contributed by atoms with van der Waals surface area (Å²) in [5.41, 5.74) is 1.89. The SMILES string of the molecule is O=C(c1ccc(F)cc1F)N1CCCN(c2cc(-c3ccccc3)[nH]n2)CC1. The average molecular weight is 382 g/mol. The van der Waals surface area contributed by atoms with Crippen LogP contribution in [-0.4, -0.2) is 47.2 Å². The number of aromatic nitrogens is 2. The van der Waals surface area contributed by atoms with Crippen LogP contribution in [0.5, 0.6) is 0 Å². The molecule has 1 fully saturated rings. The Bertz CT molecular complexity index is 974. The van der Waals surface area contributed by atoms with Gasteiger partial charge in [0, 0.05) is 38.3 Å². The summed E-state index contributed by atoms with van der Waals surface area (Å²) in [5, 5.41) is 7.46. The summed E-state index contributed by atoms with van der Waals surface area (Å²) in [5.74, 6) is -1.11. The number of nitrogens with one attached hydrogen (secondary N) is 1. The Morgan fingerprint density at radius 2 is 1.79 bits per heavy atom. The molecule has 2 aromatic carbocycles. The molecule has 5 nitrogen and oxygen atoms in total. The highest BCUT2D eigenvalue weighted by Gasteiger charge is 2.23. The van der Waals surface area contributed by atoms with Gasteiger partial charge in [0.25, 0.3) is 5.91 Å². The zero-order valence-electron chi connectivity index (χ0n) is 15.2. The first kappa shape index (κ1) is 18.2. The van der Waals surface area contributed by atoms with E-state index in [4.69, 9.17) is 0 Å². The quantitative estimate of drug-likeness (QED) is 0.751. The van der Waals surface area contributed by atoms with Crippen molar-refractivity contribution < 1.29 is 13.6 Å². The zero-order valence-corrected chi connectivity index (χ0v) is 15.2. The van der Waals surface area contributed by atoms with Crippen molar-refractivity contribution in [1.82, 2.24) is 15.1 Å². The second kappa shape index (κ2) is 7.80. The van der Waals surface area contributed by atoms with Crippen LogP contribution in [0.1, 0.15) is 16.8 Å². The van der Waals surface area contributed by atoms with Gasteiger partial charge in [-0.2, -0.15) is 5.10 Å². The number of anilines is 1. The molecule has 0 aliphatic carbocycles. The maximum Gasteiger partial charge on any atom is 0.256 e. The van der Waals surface area contributed by atoms with E-state index in [0.717, 1.165) is 42.2 Å². The Morgan fingerprint density at radius 3 is 2.57 bits per heavy atom. The number of benzene rings is 2. The normalized spacial score (nSPS) is 14.8. The van der Waals surface area contributed by atoms with Crippen LogP contribution in [0, 0.1) is 11.6 Å². The lowest BCUT2D eigenvalue weighted by Crippen LogP contribution is -2.35. The van der Waals surface area contributed by atoms with E-state index in [1.807, 2.05) is 36.4 Å². The molecule has 7 heteroatoms. The molecule has 0 unspecified atom stereocenters. The molecule has 28 heavy (non-hydrogen) atoms. The van der Waals surface area contributed by atoms with Crippen LogP contribution < -0.4 is 4.90 Å². The number of carbonyl (C=O) groups is 1. The zero-order chi connectivity index (χ0) is 19.5. The highest BCUT2D eigenvalue weighted by Crippen LogP contribution is 2.23. The first-order valence-corrected chi connectivity index (χ1v) is 9.22. The fraction of sp³-hybridized carbons (Fsp3) is 0.238. The Hall–Kier alpha value is -3.22. The van der Waals surface area contributed by atoms with Crippen LogP contribution in [0.25, 0.3) is 11.3 Å². The van der Waals surface area contributed by atoms with E-state index in [2.05, 4.69) is 15.1 Å². The number of nitrogens with zero attached hydrogens (tertiary/aromatic N) is 3. The van der Waals surface area contributed by atoms with Gasteiger partial charge in [-0.1, -0.05) is 30.3 Å². The molecule has 0 bridgehead atoms. The fourth-order valence-electron chi connectivity index (χ4n) is 3.42. The number of amides is 1. The molecule has 1 aromatic heterocycles. The number of hydrogen-bond donors (Lipinski definition) is 1. The Balaban J connectivity index is 1.45. The van der Waals surface area contributed by atoms with E-state index in [-0.39, 0.29) is 5.56 Å². The summed E-state index contributed by atoms with van der Waals surface area (Å²) >= 11 is 0. The van der Waals surface area contributed by atoms with E-state index in [1.54, 1.807) is 4.90 Å². The van der Waals surface area contributed by atoms with Crippen molar-refractivity contribution in [2.75, 3.05) is 31.1 Å². The van der Waals surface area contributed by atoms with E-state index < -0.39 is 17.5 Å². The topological polar surface area (TPSA) is 52.2 Å². The van der Waals surface area contributed by atoms with Gasteiger partial charge in [-0.3, -0.25) is 9.89 Å². The van der Waals surface area contributed by atoms with Crippen molar-refractivity contribution in [2.45, 2.75) is 6.42 Å².